The molecule has 0 fully saturated rings. The number of halogens is 1. The normalized spacial score (nSPS) is 12.8. The molecule has 0 aliphatic carbocycles. The summed E-state index contributed by atoms with van der Waals surface area (Å²) in [7, 11) is 0. The number of aryl methyl sites for hydroxylation is 1. The van der Waals surface area contributed by atoms with Gasteiger partial charge < -0.3 is 5.32 Å². The van der Waals surface area contributed by atoms with Crippen molar-refractivity contribution in [1.29, 1.82) is 0 Å². The van der Waals surface area contributed by atoms with Crippen LogP contribution in [-0.2, 0) is 6.42 Å². The van der Waals surface area contributed by atoms with E-state index < -0.39 is 0 Å². The van der Waals surface area contributed by atoms with E-state index >= 15 is 0 Å². The monoisotopic (exact) mass is 307 g/mol. The summed E-state index contributed by atoms with van der Waals surface area (Å²) in [5.74, 6) is 0.539. The Bertz CT molecular complexity index is 490. The Morgan fingerprint density at radius 2 is 1.90 bits per heavy atom. The van der Waals surface area contributed by atoms with E-state index in [0.29, 0.717) is 12.0 Å². The third kappa shape index (κ3) is 4.93. The van der Waals surface area contributed by atoms with Crippen molar-refractivity contribution in [1.82, 2.24) is 5.32 Å². The second-order valence-corrected chi connectivity index (χ2v) is 6.90. The summed E-state index contributed by atoms with van der Waals surface area (Å²) in [6.07, 6.45) is 2.31. The Balaban J connectivity index is 2.01. The SMILES string of the molecule is CC(C)NCC(CCc1cccs1)c1ccc(Cl)cc1. The van der Waals surface area contributed by atoms with E-state index in [1.165, 1.54) is 16.9 Å². The molecule has 0 radical (unpaired) electrons. The van der Waals surface area contributed by atoms with Crippen molar-refractivity contribution in [2.45, 2.75) is 38.6 Å². The first-order valence-electron chi connectivity index (χ1n) is 7.16. The molecular formula is C17H22ClNS. The van der Waals surface area contributed by atoms with Gasteiger partial charge in [-0.05, 0) is 47.9 Å². The zero-order chi connectivity index (χ0) is 14.4. The van der Waals surface area contributed by atoms with Gasteiger partial charge in [0.25, 0.3) is 0 Å². The van der Waals surface area contributed by atoms with Crippen LogP contribution in [0.25, 0.3) is 0 Å². The summed E-state index contributed by atoms with van der Waals surface area (Å²) in [6.45, 7) is 5.40. The van der Waals surface area contributed by atoms with Crippen LogP contribution in [0.5, 0.6) is 0 Å². The van der Waals surface area contributed by atoms with Gasteiger partial charge in [0.05, 0.1) is 0 Å². The summed E-state index contributed by atoms with van der Waals surface area (Å²) >= 11 is 7.83. The predicted molar refractivity (Wildman–Crippen MR) is 90.0 cm³/mol. The molecule has 1 atom stereocenters. The van der Waals surface area contributed by atoms with Crippen LogP contribution >= 0.6 is 22.9 Å². The summed E-state index contributed by atoms with van der Waals surface area (Å²) in [4.78, 5) is 1.47. The smallest absolute Gasteiger partial charge is 0.0406 e. The molecule has 1 N–H and O–H groups in total. The van der Waals surface area contributed by atoms with E-state index in [1.54, 1.807) is 0 Å². The summed E-state index contributed by atoms with van der Waals surface area (Å²) in [5.41, 5.74) is 1.37. The highest BCUT2D eigenvalue weighted by Crippen LogP contribution is 2.24. The van der Waals surface area contributed by atoms with Gasteiger partial charge >= 0.3 is 0 Å². The van der Waals surface area contributed by atoms with Crippen LogP contribution in [0.15, 0.2) is 41.8 Å². The zero-order valence-corrected chi connectivity index (χ0v) is 13.7. The zero-order valence-electron chi connectivity index (χ0n) is 12.1. The van der Waals surface area contributed by atoms with Crippen molar-refractivity contribution in [3.8, 4) is 0 Å². The highest BCUT2D eigenvalue weighted by atomic mass is 35.5. The summed E-state index contributed by atoms with van der Waals surface area (Å²) in [6, 6.07) is 13.2. The number of hydrogen-bond donors (Lipinski definition) is 1. The Morgan fingerprint density at radius 3 is 2.50 bits per heavy atom. The Hall–Kier alpha value is -0.830. The molecule has 0 amide bonds. The molecule has 2 aromatic rings. The Morgan fingerprint density at radius 1 is 1.15 bits per heavy atom. The maximum absolute atomic E-state index is 5.99. The quantitative estimate of drug-likeness (QED) is 0.749. The fourth-order valence-corrected chi connectivity index (χ4v) is 3.12. The van der Waals surface area contributed by atoms with Crippen LogP contribution in [0.3, 0.4) is 0 Å². The molecule has 1 aromatic carbocycles. The number of benzene rings is 1. The van der Waals surface area contributed by atoms with Gasteiger partial charge in [0, 0.05) is 22.5 Å². The van der Waals surface area contributed by atoms with Crippen molar-refractivity contribution in [3.05, 3.63) is 57.2 Å². The van der Waals surface area contributed by atoms with Crippen molar-refractivity contribution >= 4 is 22.9 Å². The minimum Gasteiger partial charge on any atom is -0.314 e. The van der Waals surface area contributed by atoms with Gasteiger partial charge in [-0.1, -0.05) is 43.6 Å². The highest BCUT2D eigenvalue weighted by Gasteiger charge is 2.12. The van der Waals surface area contributed by atoms with Crippen molar-refractivity contribution < 1.29 is 0 Å². The van der Waals surface area contributed by atoms with Crippen molar-refractivity contribution in [2.24, 2.45) is 0 Å². The van der Waals surface area contributed by atoms with Crippen LogP contribution in [-0.4, -0.2) is 12.6 Å². The van der Waals surface area contributed by atoms with Crippen LogP contribution in [0.4, 0.5) is 0 Å². The molecule has 0 aliphatic heterocycles. The van der Waals surface area contributed by atoms with Gasteiger partial charge in [0.15, 0.2) is 0 Å². The van der Waals surface area contributed by atoms with Gasteiger partial charge in [-0.15, -0.1) is 11.3 Å². The maximum atomic E-state index is 5.99. The first-order valence-corrected chi connectivity index (χ1v) is 8.42. The Kier molecular flexibility index (Phi) is 6.08. The fraction of sp³-hybridized carbons (Fsp3) is 0.412. The van der Waals surface area contributed by atoms with Gasteiger partial charge in [0.1, 0.15) is 0 Å². The minimum absolute atomic E-state index is 0.520. The van der Waals surface area contributed by atoms with Gasteiger partial charge in [-0.25, -0.2) is 0 Å². The number of rotatable bonds is 7. The molecule has 1 aromatic heterocycles. The average molecular weight is 308 g/mol. The van der Waals surface area contributed by atoms with Crippen LogP contribution in [0, 0.1) is 0 Å². The maximum Gasteiger partial charge on any atom is 0.0406 e. The molecule has 0 spiro atoms. The summed E-state index contributed by atoms with van der Waals surface area (Å²) < 4.78 is 0. The summed E-state index contributed by atoms with van der Waals surface area (Å²) in [5, 5.41) is 6.52. The number of thiophene rings is 1. The van der Waals surface area contributed by atoms with Crippen molar-refractivity contribution in [3.63, 3.8) is 0 Å². The fourth-order valence-electron chi connectivity index (χ4n) is 2.27. The largest absolute Gasteiger partial charge is 0.314 e. The van der Waals surface area contributed by atoms with E-state index in [4.69, 9.17) is 11.6 Å². The lowest BCUT2D eigenvalue weighted by atomic mass is 9.93. The third-order valence-electron chi connectivity index (χ3n) is 3.43. The molecule has 20 heavy (non-hydrogen) atoms. The number of nitrogens with one attached hydrogen (secondary N) is 1. The lowest BCUT2D eigenvalue weighted by molar-refractivity contribution is 0.509. The van der Waals surface area contributed by atoms with E-state index in [0.717, 1.165) is 18.0 Å². The molecule has 0 aliphatic rings. The molecule has 0 bridgehead atoms. The lowest BCUT2D eigenvalue weighted by Crippen LogP contribution is -2.28. The number of hydrogen-bond acceptors (Lipinski definition) is 2. The van der Waals surface area contributed by atoms with E-state index in [9.17, 15) is 0 Å². The first kappa shape index (κ1) is 15.6. The van der Waals surface area contributed by atoms with E-state index in [-0.39, 0.29) is 0 Å². The first-order chi connectivity index (χ1) is 9.65. The minimum atomic E-state index is 0.520. The molecular weight excluding hydrogens is 286 g/mol. The van der Waals surface area contributed by atoms with Gasteiger partial charge in [0.2, 0.25) is 0 Å². The molecule has 3 heteroatoms. The van der Waals surface area contributed by atoms with Crippen LogP contribution in [0.2, 0.25) is 5.02 Å². The standard InChI is InChI=1S/C17H22ClNS/c1-13(2)19-12-15(7-10-17-4-3-11-20-17)14-5-8-16(18)9-6-14/h3-6,8-9,11,13,15,19H,7,10,12H2,1-2H3. The predicted octanol–water partition coefficient (Wildman–Crippen LogP) is 5.12. The van der Waals surface area contributed by atoms with E-state index in [1.807, 2.05) is 23.5 Å². The molecule has 2 rings (SSSR count). The third-order valence-corrected chi connectivity index (χ3v) is 4.62. The molecule has 108 valence electrons. The van der Waals surface area contributed by atoms with Gasteiger partial charge in [-0.3, -0.25) is 0 Å². The highest BCUT2D eigenvalue weighted by molar-refractivity contribution is 7.09. The Labute approximate surface area is 131 Å². The molecule has 0 saturated carbocycles. The molecule has 0 saturated heterocycles. The van der Waals surface area contributed by atoms with E-state index in [2.05, 4.69) is 48.8 Å². The lowest BCUT2D eigenvalue weighted by Gasteiger charge is -2.19. The second-order valence-electron chi connectivity index (χ2n) is 5.43. The van der Waals surface area contributed by atoms with Crippen LogP contribution in [0.1, 0.15) is 36.6 Å². The van der Waals surface area contributed by atoms with Gasteiger partial charge in [-0.2, -0.15) is 0 Å². The average Bonchev–Trinajstić information content (AvgIpc) is 2.93. The molecule has 1 unspecified atom stereocenters. The van der Waals surface area contributed by atoms with Crippen LogP contribution < -0.4 is 5.32 Å². The second kappa shape index (κ2) is 7.82. The van der Waals surface area contributed by atoms with Crippen molar-refractivity contribution in [2.75, 3.05) is 6.54 Å². The molecule has 1 nitrogen and oxygen atoms in total. The topological polar surface area (TPSA) is 12.0 Å². The molecule has 1 heterocycles.